The molecule has 0 aliphatic rings. The molecule has 5 nitrogen and oxygen atoms in total. The topological polar surface area (TPSA) is 83.5 Å². The first kappa shape index (κ1) is 15.4. The zero-order chi connectivity index (χ0) is 14.4. The molecule has 0 heterocycles. The first-order valence-corrected chi connectivity index (χ1v) is 7.40. The van der Waals surface area contributed by atoms with Crippen molar-refractivity contribution in [3.63, 3.8) is 0 Å². The smallest absolute Gasteiger partial charge is 0.303 e. The van der Waals surface area contributed by atoms with Crippen LogP contribution in [0.15, 0.2) is 29.2 Å². The predicted octanol–water partition coefficient (Wildman–Crippen LogP) is 1.47. The molecule has 0 bridgehead atoms. The van der Waals surface area contributed by atoms with Crippen LogP contribution in [0.2, 0.25) is 0 Å². The molecule has 0 saturated heterocycles. The molecule has 0 aliphatic carbocycles. The highest BCUT2D eigenvalue weighted by atomic mass is 32.2. The lowest BCUT2D eigenvalue weighted by molar-refractivity contribution is -0.138. The number of carbonyl (C=O) groups excluding carboxylic acids is 1. The molecule has 1 aromatic carbocycles. The van der Waals surface area contributed by atoms with E-state index in [1.807, 2.05) is 6.92 Å². The van der Waals surface area contributed by atoms with Crippen molar-refractivity contribution in [2.75, 3.05) is 6.26 Å². The van der Waals surface area contributed by atoms with Gasteiger partial charge in [-0.15, -0.1) is 0 Å². The van der Waals surface area contributed by atoms with Gasteiger partial charge in [0.05, 0.1) is 12.5 Å². The third-order valence-electron chi connectivity index (χ3n) is 2.66. The van der Waals surface area contributed by atoms with Gasteiger partial charge in [0.2, 0.25) is 5.91 Å². The van der Waals surface area contributed by atoms with Crippen LogP contribution in [0.4, 0.5) is 0 Å². The van der Waals surface area contributed by atoms with Gasteiger partial charge in [-0.3, -0.25) is 13.8 Å². The van der Waals surface area contributed by atoms with E-state index in [-0.39, 0.29) is 24.8 Å². The summed E-state index contributed by atoms with van der Waals surface area (Å²) in [5, 5.41) is 11.2. The maximum Gasteiger partial charge on any atom is 0.303 e. The van der Waals surface area contributed by atoms with E-state index in [0.29, 0.717) is 0 Å². The Bertz CT molecular complexity index is 484. The van der Waals surface area contributed by atoms with Crippen LogP contribution in [0.1, 0.15) is 31.4 Å². The van der Waals surface area contributed by atoms with Crippen LogP contribution in [0, 0.1) is 0 Å². The lowest BCUT2D eigenvalue weighted by atomic mass is 10.1. The van der Waals surface area contributed by atoms with E-state index >= 15 is 0 Å². The highest BCUT2D eigenvalue weighted by Crippen LogP contribution is 2.15. The van der Waals surface area contributed by atoms with Gasteiger partial charge in [-0.1, -0.05) is 12.1 Å². The number of hydrogen-bond donors (Lipinski definition) is 2. The first-order valence-electron chi connectivity index (χ1n) is 5.84. The first-order chi connectivity index (χ1) is 8.90. The fraction of sp³-hybridized carbons (Fsp3) is 0.385. The van der Waals surface area contributed by atoms with Gasteiger partial charge in [-0.25, -0.2) is 0 Å². The normalized spacial score (nSPS) is 13.6. The molecule has 0 saturated carbocycles. The van der Waals surface area contributed by atoms with Crippen LogP contribution < -0.4 is 5.32 Å². The molecule has 1 rings (SSSR count). The fourth-order valence-corrected chi connectivity index (χ4v) is 2.08. The largest absolute Gasteiger partial charge is 0.481 e. The van der Waals surface area contributed by atoms with E-state index < -0.39 is 16.8 Å². The van der Waals surface area contributed by atoms with E-state index in [9.17, 15) is 13.8 Å². The molecule has 1 amide bonds. The van der Waals surface area contributed by atoms with Crippen LogP contribution in [-0.2, 0) is 20.4 Å². The molecular weight excluding hydrogens is 266 g/mol. The molecular formula is C13H17NO4S. The van der Waals surface area contributed by atoms with Crippen molar-refractivity contribution in [3.05, 3.63) is 29.8 Å². The lowest BCUT2D eigenvalue weighted by Gasteiger charge is -2.14. The molecule has 104 valence electrons. The maximum atomic E-state index is 11.5. The van der Waals surface area contributed by atoms with E-state index in [0.717, 1.165) is 10.5 Å². The molecule has 2 N–H and O–H groups in total. The SMILES string of the molecule is CC(NC(=O)CCC(=O)O)c1ccc(S(C)=O)cc1. The van der Waals surface area contributed by atoms with Gasteiger partial charge in [0.25, 0.3) is 0 Å². The molecule has 0 fully saturated rings. The molecule has 19 heavy (non-hydrogen) atoms. The molecule has 2 unspecified atom stereocenters. The third kappa shape index (κ3) is 5.21. The number of carboxylic acid groups (broad SMARTS) is 1. The number of hydrogen-bond acceptors (Lipinski definition) is 3. The maximum absolute atomic E-state index is 11.5. The summed E-state index contributed by atoms with van der Waals surface area (Å²) in [7, 11) is -1.02. The standard InChI is InChI=1S/C13H17NO4S/c1-9(14-12(15)7-8-13(16)17)10-3-5-11(6-4-10)19(2)18/h3-6,9H,7-8H2,1-2H3,(H,14,15)(H,16,17). The van der Waals surface area contributed by atoms with Gasteiger partial charge in [-0.05, 0) is 24.6 Å². The Labute approximate surface area is 114 Å². The highest BCUT2D eigenvalue weighted by molar-refractivity contribution is 7.84. The molecule has 6 heteroatoms. The second-order valence-corrected chi connectivity index (χ2v) is 5.59. The van der Waals surface area contributed by atoms with Gasteiger partial charge in [0, 0.05) is 28.4 Å². The number of amides is 1. The molecule has 1 aromatic rings. The Balaban J connectivity index is 2.57. The average Bonchev–Trinajstić information content (AvgIpc) is 2.36. The Morgan fingerprint density at radius 1 is 1.26 bits per heavy atom. The van der Waals surface area contributed by atoms with Crippen molar-refractivity contribution >= 4 is 22.7 Å². The van der Waals surface area contributed by atoms with Crippen LogP contribution in [0.5, 0.6) is 0 Å². The number of carboxylic acids is 1. The number of nitrogens with one attached hydrogen (secondary N) is 1. The molecule has 0 spiro atoms. The van der Waals surface area contributed by atoms with Crippen LogP contribution in [-0.4, -0.2) is 27.4 Å². The molecule has 0 aromatic heterocycles. The van der Waals surface area contributed by atoms with Crippen molar-refractivity contribution in [1.82, 2.24) is 5.32 Å². The van der Waals surface area contributed by atoms with Crippen molar-refractivity contribution in [2.24, 2.45) is 0 Å². The number of carbonyl (C=O) groups is 2. The summed E-state index contributed by atoms with van der Waals surface area (Å²) >= 11 is 0. The zero-order valence-electron chi connectivity index (χ0n) is 10.9. The highest BCUT2D eigenvalue weighted by Gasteiger charge is 2.11. The average molecular weight is 283 g/mol. The monoisotopic (exact) mass is 283 g/mol. The number of rotatable bonds is 6. The summed E-state index contributed by atoms with van der Waals surface area (Å²) in [6.45, 7) is 1.82. The summed E-state index contributed by atoms with van der Waals surface area (Å²) < 4.78 is 11.2. The Morgan fingerprint density at radius 3 is 2.32 bits per heavy atom. The van der Waals surface area contributed by atoms with Gasteiger partial charge < -0.3 is 10.4 Å². The van der Waals surface area contributed by atoms with E-state index in [1.165, 1.54) is 0 Å². The van der Waals surface area contributed by atoms with Gasteiger partial charge in [0.1, 0.15) is 0 Å². The summed E-state index contributed by atoms with van der Waals surface area (Å²) in [6.07, 6.45) is 1.40. The Morgan fingerprint density at radius 2 is 1.84 bits per heavy atom. The number of aliphatic carboxylic acids is 1. The van der Waals surface area contributed by atoms with Gasteiger partial charge in [0.15, 0.2) is 0 Å². The van der Waals surface area contributed by atoms with E-state index in [2.05, 4.69) is 5.32 Å². The predicted molar refractivity (Wildman–Crippen MR) is 72.2 cm³/mol. The molecule has 0 aliphatic heterocycles. The zero-order valence-corrected chi connectivity index (χ0v) is 11.7. The fourth-order valence-electron chi connectivity index (χ4n) is 1.57. The van der Waals surface area contributed by atoms with Crippen molar-refractivity contribution < 1.29 is 18.9 Å². The van der Waals surface area contributed by atoms with Crippen LogP contribution in [0.25, 0.3) is 0 Å². The van der Waals surface area contributed by atoms with E-state index in [1.54, 1.807) is 30.5 Å². The van der Waals surface area contributed by atoms with Crippen LogP contribution in [0.3, 0.4) is 0 Å². The summed E-state index contributed by atoms with van der Waals surface area (Å²) in [5.74, 6) is -1.28. The minimum atomic E-state index is -1.02. The van der Waals surface area contributed by atoms with Crippen molar-refractivity contribution in [3.8, 4) is 0 Å². The molecule has 0 radical (unpaired) electrons. The second kappa shape index (κ2) is 7.04. The lowest BCUT2D eigenvalue weighted by Crippen LogP contribution is -2.26. The summed E-state index contributed by atoms with van der Waals surface area (Å²) in [4.78, 5) is 22.6. The quantitative estimate of drug-likeness (QED) is 0.828. The minimum Gasteiger partial charge on any atom is -0.481 e. The Kier molecular flexibility index (Phi) is 5.69. The van der Waals surface area contributed by atoms with Gasteiger partial charge >= 0.3 is 5.97 Å². The summed E-state index contributed by atoms with van der Waals surface area (Å²) in [5.41, 5.74) is 0.887. The third-order valence-corrected chi connectivity index (χ3v) is 3.59. The molecule has 2 atom stereocenters. The summed E-state index contributed by atoms with van der Waals surface area (Å²) in [6, 6.07) is 6.91. The Hall–Kier alpha value is -1.69. The van der Waals surface area contributed by atoms with Gasteiger partial charge in [-0.2, -0.15) is 0 Å². The number of benzene rings is 1. The van der Waals surface area contributed by atoms with Crippen LogP contribution >= 0.6 is 0 Å². The van der Waals surface area contributed by atoms with Crippen molar-refractivity contribution in [1.29, 1.82) is 0 Å². The second-order valence-electron chi connectivity index (χ2n) is 4.21. The van der Waals surface area contributed by atoms with Crippen molar-refractivity contribution in [2.45, 2.75) is 30.7 Å². The minimum absolute atomic E-state index is 0.0310. The van der Waals surface area contributed by atoms with E-state index in [4.69, 9.17) is 5.11 Å².